The maximum absolute atomic E-state index is 13.6. The molecule has 0 aliphatic heterocycles. The summed E-state index contributed by atoms with van der Waals surface area (Å²) in [5.41, 5.74) is 6.15. The van der Waals surface area contributed by atoms with Gasteiger partial charge in [0.25, 0.3) is 20.0 Å². The van der Waals surface area contributed by atoms with Gasteiger partial charge in [-0.1, -0.05) is 27.8 Å². The summed E-state index contributed by atoms with van der Waals surface area (Å²) in [5.74, 6) is -1.16. The van der Waals surface area contributed by atoms with E-state index < -0.39 is 81.7 Å². The van der Waals surface area contributed by atoms with Crippen LogP contribution in [0.3, 0.4) is 0 Å². The number of halogens is 9. The Hall–Kier alpha value is -6.51. The van der Waals surface area contributed by atoms with Crippen LogP contribution in [0.5, 0.6) is 0 Å². The highest BCUT2D eigenvalue weighted by molar-refractivity contribution is 7.93. The molecule has 382 valence electrons. The molecular formula is C44H39Cl3F6N10O7S2. The summed E-state index contributed by atoms with van der Waals surface area (Å²) >= 11 is 15.8. The maximum Gasteiger partial charge on any atom is 0.417 e. The first-order valence-electron chi connectivity index (χ1n) is 20.0. The number of nitrogens with zero attached hydrogens (tertiary/aromatic N) is 8. The number of ether oxygens (including phenoxy) is 1. The van der Waals surface area contributed by atoms with E-state index in [1.54, 1.807) is 53.7 Å². The lowest BCUT2D eigenvalue weighted by Gasteiger charge is -2.26. The van der Waals surface area contributed by atoms with Crippen LogP contribution in [0, 0.1) is 47.1 Å². The molecule has 0 spiro atoms. The summed E-state index contributed by atoms with van der Waals surface area (Å²) in [6, 6.07) is 10.5. The lowest BCUT2D eigenvalue weighted by atomic mass is 10.00. The second kappa shape index (κ2) is 23.8. The zero-order valence-electron chi connectivity index (χ0n) is 38.4. The van der Waals surface area contributed by atoms with Crippen molar-refractivity contribution in [3.8, 4) is 0 Å². The number of aryl methyl sites for hydroxylation is 6. The van der Waals surface area contributed by atoms with Gasteiger partial charge in [-0.3, -0.25) is 34.2 Å². The molecule has 0 atom stereocenters. The zero-order valence-corrected chi connectivity index (χ0v) is 42.3. The van der Waals surface area contributed by atoms with Crippen molar-refractivity contribution in [2.75, 3.05) is 22.9 Å². The number of nitrogens with one attached hydrogen (secondary N) is 2. The Morgan fingerprint density at radius 1 is 0.694 bits per heavy atom. The average molecular weight is 1100 g/mol. The normalized spacial score (nSPS) is 11.8. The monoisotopic (exact) mass is 1100 g/mol. The van der Waals surface area contributed by atoms with Gasteiger partial charge in [0.2, 0.25) is 11.6 Å². The number of ketones is 2. The Labute approximate surface area is 423 Å². The molecular weight excluding hydrogens is 1070 g/mol. The van der Waals surface area contributed by atoms with Gasteiger partial charge in [-0.15, -0.1) is 0 Å². The van der Waals surface area contributed by atoms with E-state index in [1.807, 2.05) is 0 Å². The first kappa shape index (κ1) is 58.1. The molecule has 6 rings (SSSR count). The number of hydrogen-bond donors (Lipinski definition) is 2. The van der Waals surface area contributed by atoms with Gasteiger partial charge in [-0.25, -0.2) is 21.1 Å². The van der Waals surface area contributed by atoms with Crippen LogP contribution in [0.4, 0.5) is 37.7 Å². The summed E-state index contributed by atoms with van der Waals surface area (Å²) in [6.07, 6.45) is -3.88. The quantitative estimate of drug-likeness (QED) is 0.0362. The second-order valence-electron chi connectivity index (χ2n) is 15.0. The fourth-order valence-corrected chi connectivity index (χ4v) is 9.53. The molecule has 0 bridgehead atoms. The lowest BCUT2D eigenvalue weighted by Crippen LogP contribution is -2.35. The third-order valence-electron chi connectivity index (χ3n) is 9.83. The van der Waals surface area contributed by atoms with Gasteiger partial charge in [0.1, 0.15) is 18.1 Å². The molecule has 2 N–H and O–H groups in total. The molecule has 17 nitrogen and oxygen atoms in total. The van der Waals surface area contributed by atoms with Gasteiger partial charge in [0.05, 0.1) is 54.1 Å². The maximum atomic E-state index is 13.6. The highest BCUT2D eigenvalue weighted by Gasteiger charge is 2.38. The van der Waals surface area contributed by atoms with Gasteiger partial charge in [-0.2, -0.15) is 31.9 Å². The van der Waals surface area contributed by atoms with Crippen molar-refractivity contribution in [1.82, 2.24) is 19.9 Å². The number of carbonyl (C=O) groups is 2. The van der Waals surface area contributed by atoms with Gasteiger partial charge < -0.3 is 4.74 Å². The van der Waals surface area contributed by atoms with Crippen molar-refractivity contribution in [3.63, 3.8) is 0 Å². The fraction of sp³-hybridized carbons (Fsp3) is 0.227. The van der Waals surface area contributed by atoms with Crippen LogP contribution < -0.4 is 9.03 Å². The highest BCUT2D eigenvalue weighted by atomic mass is 35.5. The van der Waals surface area contributed by atoms with E-state index in [4.69, 9.17) is 33.5 Å². The zero-order chi connectivity index (χ0) is 54.1. The molecule has 0 saturated carbocycles. The van der Waals surface area contributed by atoms with Crippen molar-refractivity contribution in [2.24, 2.45) is 15.1 Å². The minimum atomic E-state index is -4.88. The van der Waals surface area contributed by atoms with Crippen LogP contribution in [-0.4, -0.2) is 62.2 Å². The lowest BCUT2D eigenvalue weighted by molar-refractivity contribution is -0.138. The number of aromatic nitrogens is 4. The number of sulfonamides is 2. The molecule has 0 unspecified atom stereocenters. The topological polar surface area (TPSA) is 239 Å². The molecule has 0 aliphatic carbocycles. The van der Waals surface area contributed by atoms with E-state index in [1.165, 1.54) is 44.0 Å². The standard InChI is InChI=1S/C23H21ClF3N3O4S.C21H17ClF3N3O3S.ClHN4/c1-13-9-19(21(29-11-13)22(31)20-14(2)7-8-28-15(20)3)30(12-34-4)35(32,33)16-5-6-18(24)17(10-16)23(25,26)27;1-11-8-17(19(27-10-11)20(29)18-12(2)6-7-26-13(18)3)28-32(30,31)14-4-5-16(22)15(9-14)21(23,24)25;1-3-5-4-2/h5-11H,12H2,1-4H3;4-10,28H,1-3H3;2H. The number of benzene rings is 2. The second-order valence-corrected chi connectivity index (χ2v) is 19.6. The summed E-state index contributed by atoms with van der Waals surface area (Å²) < 4.78 is 143. The molecule has 0 amide bonds. The molecule has 28 heteroatoms. The van der Waals surface area contributed by atoms with E-state index in [2.05, 4.69) is 51.5 Å². The first-order valence-corrected chi connectivity index (χ1v) is 24.1. The van der Waals surface area contributed by atoms with Crippen molar-refractivity contribution >= 4 is 78.0 Å². The molecule has 72 heavy (non-hydrogen) atoms. The first-order chi connectivity index (χ1) is 33.5. The average Bonchev–Trinajstić information content (AvgIpc) is 3.28. The Morgan fingerprint density at radius 3 is 1.60 bits per heavy atom. The molecule has 0 aliphatic rings. The van der Waals surface area contributed by atoms with Crippen molar-refractivity contribution < 1.29 is 57.5 Å². The summed E-state index contributed by atoms with van der Waals surface area (Å²) in [4.78, 5) is 41.8. The highest BCUT2D eigenvalue weighted by Crippen LogP contribution is 2.39. The van der Waals surface area contributed by atoms with Crippen LogP contribution >= 0.6 is 35.0 Å². The number of pyridine rings is 4. The van der Waals surface area contributed by atoms with E-state index in [9.17, 15) is 52.8 Å². The molecule has 0 saturated heterocycles. The van der Waals surface area contributed by atoms with Crippen LogP contribution in [0.1, 0.15) is 76.9 Å². The number of rotatable bonds is 13. The minimum Gasteiger partial charge on any atom is -0.363 e. The number of anilines is 2. The molecule has 4 heterocycles. The van der Waals surface area contributed by atoms with Crippen molar-refractivity contribution in [2.45, 2.75) is 63.7 Å². The van der Waals surface area contributed by atoms with Crippen LogP contribution in [0.15, 0.2) is 110 Å². The van der Waals surface area contributed by atoms with E-state index in [-0.39, 0.29) is 33.9 Å². The van der Waals surface area contributed by atoms with Crippen LogP contribution in [0.25, 0.3) is 0 Å². The fourth-order valence-electron chi connectivity index (χ4n) is 6.56. The van der Waals surface area contributed by atoms with Crippen LogP contribution in [0.2, 0.25) is 10.0 Å². The summed E-state index contributed by atoms with van der Waals surface area (Å²) in [7, 11) is -7.94. The van der Waals surface area contributed by atoms with Gasteiger partial charge >= 0.3 is 12.4 Å². The molecule has 6 aromatic rings. The predicted molar refractivity (Wildman–Crippen MR) is 253 cm³/mol. The SMILES string of the molecule is COCN(c1cc(C)cnc1C(=O)c1c(C)ccnc1C)S(=O)(=O)c1ccc(Cl)c(C(F)(F)F)c1.Cc1cnc(C(=O)c2c(C)ccnc2C)c(NS(=O)(=O)c2ccc(Cl)c(C(F)(F)F)c2)c1.N=NN=NCl. The summed E-state index contributed by atoms with van der Waals surface area (Å²) in [5, 5.41) is 3.80. The third-order valence-corrected chi connectivity index (χ3v) is 13.7. The third kappa shape index (κ3) is 13.9. The Bertz CT molecular complexity index is 3260. The minimum absolute atomic E-state index is 0.150. The smallest absolute Gasteiger partial charge is 0.363 e. The van der Waals surface area contributed by atoms with Gasteiger partial charge in [-0.05, 0) is 135 Å². The molecule has 2 aromatic carbocycles. The van der Waals surface area contributed by atoms with Crippen molar-refractivity contribution in [3.05, 3.63) is 163 Å². The van der Waals surface area contributed by atoms with Gasteiger partial charge in [0, 0.05) is 54.4 Å². The van der Waals surface area contributed by atoms with E-state index in [0.29, 0.717) is 50.1 Å². The Morgan fingerprint density at radius 2 is 1.15 bits per heavy atom. The number of methoxy groups -OCH3 is 1. The Balaban J connectivity index is 0.000000286. The largest absolute Gasteiger partial charge is 0.417 e. The van der Waals surface area contributed by atoms with Crippen molar-refractivity contribution in [1.29, 1.82) is 5.53 Å². The van der Waals surface area contributed by atoms with Gasteiger partial charge in [0.15, 0.2) is 0 Å². The number of hydrogen-bond acceptors (Lipinski definition) is 13. The number of alkyl halides is 6. The van der Waals surface area contributed by atoms with Crippen LogP contribution in [-0.2, 0) is 37.1 Å². The molecule has 0 fully saturated rings. The molecule has 0 radical (unpaired) electrons. The van der Waals surface area contributed by atoms with E-state index in [0.717, 1.165) is 24.3 Å². The number of carbonyl (C=O) groups excluding carboxylic acids is 2. The predicted octanol–water partition coefficient (Wildman–Crippen LogP) is 11.7. The Kier molecular flexibility index (Phi) is 19.2. The summed E-state index contributed by atoms with van der Waals surface area (Å²) in [6.45, 7) is 9.33. The molecule has 4 aromatic heterocycles. The van der Waals surface area contributed by atoms with E-state index >= 15 is 0 Å².